The van der Waals surface area contributed by atoms with Gasteiger partial charge >= 0.3 is 5.97 Å². The van der Waals surface area contributed by atoms with Gasteiger partial charge in [0.15, 0.2) is 12.3 Å². The summed E-state index contributed by atoms with van der Waals surface area (Å²) in [5, 5.41) is 11.7. The molecule has 2 aromatic carbocycles. The lowest BCUT2D eigenvalue weighted by Gasteiger charge is -2.35. The van der Waals surface area contributed by atoms with Crippen molar-refractivity contribution in [3.63, 3.8) is 0 Å². The van der Waals surface area contributed by atoms with Crippen LogP contribution in [0.3, 0.4) is 0 Å². The maximum Gasteiger partial charge on any atom is 0.303 e. The predicted molar refractivity (Wildman–Crippen MR) is 121 cm³/mol. The molecule has 0 saturated heterocycles. The van der Waals surface area contributed by atoms with Gasteiger partial charge in [-0.1, -0.05) is 37.6 Å². The van der Waals surface area contributed by atoms with Crippen LogP contribution in [0.2, 0.25) is 5.02 Å². The number of carbonyl (C=O) groups excluding carboxylic acids is 1. The van der Waals surface area contributed by atoms with Crippen molar-refractivity contribution in [1.29, 1.82) is 0 Å². The zero-order chi connectivity index (χ0) is 21.8. The number of ether oxygens (including phenoxy) is 2. The van der Waals surface area contributed by atoms with Crippen LogP contribution in [0.15, 0.2) is 47.4 Å². The number of halogens is 1. The van der Waals surface area contributed by atoms with Gasteiger partial charge in [0.05, 0.1) is 18.0 Å². The average Bonchev–Trinajstić information content (AvgIpc) is 2.81. The van der Waals surface area contributed by atoms with Gasteiger partial charge in [-0.3, -0.25) is 4.79 Å². The quantitative estimate of drug-likeness (QED) is 0.604. The second-order valence-electron chi connectivity index (χ2n) is 7.79. The number of benzene rings is 2. The van der Waals surface area contributed by atoms with Gasteiger partial charge in [-0.15, -0.1) is 11.8 Å². The first-order valence-electron chi connectivity index (χ1n) is 10.0. The number of esters is 1. The highest BCUT2D eigenvalue weighted by Gasteiger charge is 2.40. The van der Waals surface area contributed by atoms with Crippen molar-refractivity contribution in [1.82, 2.24) is 0 Å². The fourth-order valence-electron chi connectivity index (χ4n) is 3.52. The van der Waals surface area contributed by atoms with E-state index < -0.39 is 18.3 Å². The van der Waals surface area contributed by atoms with Crippen molar-refractivity contribution < 1.29 is 19.4 Å². The molecule has 0 aromatic heterocycles. The van der Waals surface area contributed by atoms with Gasteiger partial charge in [-0.05, 0) is 48.2 Å². The average molecular weight is 450 g/mol. The molecule has 3 rings (SSSR count). The summed E-state index contributed by atoms with van der Waals surface area (Å²) in [5.74, 6) is 0.781. The van der Waals surface area contributed by atoms with Gasteiger partial charge in [-0.25, -0.2) is 0 Å². The van der Waals surface area contributed by atoms with Gasteiger partial charge in [0.1, 0.15) is 5.75 Å². The number of hydrogen-bond acceptors (Lipinski definition) is 6. The lowest BCUT2D eigenvalue weighted by molar-refractivity contribution is -0.152. The minimum Gasteiger partial charge on any atom is -0.497 e. The summed E-state index contributed by atoms with van der Waals surface area (Å²) in [6.45, 7) is 6.30. The molecule has 5 nitrogen and oxygen atoms in total. The van der Waals surface area contributed by atoms with Crippen molar-refractivity contribution in [3.05, 3.63) is 53.1 Å². The Morgan fingerprint density at radius 1 is 1.23 bits per heavy atom. The van der Waals surface area contributed by atoms with E-state index >= 15 is 0 Å². The Kier molecular flexibility index (Phi) is 7.55. The van der Waals surface area contributed by atoms with Crippen molar-refractivity contribution in [2.45, 2.75) is 49.7 Å². The highest BCUT2D eigenvalue weighted by molar-refractivity contribution is 7.99. The summed E-state index contributed by atoms with van der Waals surface area (Å²) in [6, 6.07) is 13.3. The van der Waals surface area contributed by atoms with Crippen LogP contribution >= 0.6 is 23.4 Å². The first-order valence-corrected chi connectivity index (χ1v) is 11.3. The van der Waals surface area contributed by atoms with E-state index in [-0.39, 0.29) is 5.25 Å². The van der Waals surface area contributed by atoms with Crippen LogP contribution in [-0.4, -0.2) is 37.1 Å². The van der Waals surface area contributed by atoms with Gasteiger partial charge in [-0.2, -0.15) is 0 Å². The molecule has 7 heteroatoms. The van der Waals surface area contributed by atoms with E-state index in [2.05, 4.69) is 13.8 Å². The zero-order valence-electron chi connectivity index (χ0n) is 17.7. The minimum atomic E-state index is -0.991. The number of methoxy groups -OCH3 is 1. The topological polar surface area (TPSA) is 59.0 Å². The van der Waals surface area contributed by atoms with Crippen molar-refractivity contribution in [2.24, 2.45) is 5.92 Å². The second kappa shape index (κ2) is 9.94. The molecule has 0 saturated carbocycles. The van der Waals surface area contributed by atoms with Gasteiger partial charge < -0.3 is 19.5 Å². The summed E-state index contributed by atoms with van der Waals surface area (Å²) in [6.07, 6.45) is -0.849. The van der Waals surface area contributed by atoms with Crippen LogP contribution in [0, 0.1) is 5.92 Å². The minimum absolute atomic E-state index is 0.309. The third kappa shape index (κ3) is 5.23. The molecule has 0 radical (unpaired) electrons. The number of aliphatic hydroxyl groups excluding tert-OH is 1. The van der Waals surface area contributed by atoms with E-state index in [9.17, 15) is 9.90 Å². The fraction of sp³-hybridized carbons (Fsp3) is 0.435. The Balaban J connectivity index is 2.08. The molecule has 162 valence electrons. The van der Waals surface area contributed by atoms with Gasteiger partial charge in [0.25, 0.3) is 0 Å². The van der Waals surface area contributed by atoms with E-state index in [0.29, 0.717) is 17.5 Å². The zero-order valence-corrected chi connectivity index (χ0v) is 19.2. The SMILES string of the molecule is COc1ccc(C2Sc3cc(Cl)ccc3N(CCC(C)C)C(O)C2OC(C)=O)cc1. The number of carbonyl (C=O) groups is 1. The molecule has 0 fully saturated rings. The highest BCUT2D eigenvalue weighted by Crippen LogP contribution is 2.48. The molecule has 1 aliphatic heterocycles. The third-order valence-corrected chi connectivity index (χ3v) is 6.70. The van der Waals surface area contributed by atoms with E-state index in [1.807, 2.05) is 47.4 Å². The summed E-state index contributed by atoms with van der Waals surface area (Å²) in [7, 11) is 1.62. The Morgan fingerprint density at radius 3 is 2.53 bits per heavy atom. The number of thioether (sulfide) groups is 1. The molecule has 3 atom stereocenters. The third-order valence-electron chi connectivity index (χ3n) is 5.09. The standard InChI is InChI=1S/C23H28ClNO4S/c1-14(2)11-12-25-19-10-7-17(24)13-20(19)30-22(21(23(25)27)29-15(3)26)16-5-8-18(28-4)9-6-16/h5-10,13-14,21-23,27H,11-12H2,1-4H3. The van der Waals surface area contributed by atoms with E-state index in [4.69, 9.17) is 21.1 Å². The van der Waals surface area contributed by atoms with E-state index in [1.54, 1.807) is 18.9 Å². The smallest absolute Gasteiger partial charge is 0.303 e. The van der Waals surface area contributed by atoms with Crippen LogP contribution in [0.5, 0.6) is 5.75 Å². The molecule has 1 N–H and O–H groups in total. The first-order chi connectivity index (χ1) is 14.3. The lowest BCUT2D eigenvalue weighted by atomic mass is 10.0. The largest absolute Gasteiger partial charge is 0.497 e. The fourth-order valence-corrected chi connectivity index (χ4v) is 5.15. The molecule has 0 aliphatic carbocycles. The molecule has 0 bridgehead atoms. The summed E-state index contributed by atoms with van der Waals surface area (Å²) in [4.78, 5) is 14.8. The second-order valence-corrected chi connectivity index (χ2v) is 9.41. The van der Waals surface area contributed by atoms with Crippen LogP contribution in [-0.2, 0) is 9.53 Å². The Bertz CT molecular complexity index is 874. The van der Waals surface area contributed by atoms with Crippen molar-refractivity contribution in [2.75, 3.05) is 18.6 Å². The predicted octanol–water partition coefficient (Wildman–Crippen LogP) is 5.30. The lowest BCUT2D eigenvalue weighted by Crippen LogP contribution is -2.47. The summed E-state index contributed by atoms with van der Waals surface area (Å²) in [5.41, 5.74) is 1.83. The van der Waals surface area contributed by atoms with Crippen molar-refractivity contribution in [3.8, 4) is 5.75 Å². The van der Waals surface area contributed by atoms with Gasteiger partial charge in [0.2, 0.25) is 0 Å². The molecule has 3 unspecified atom stereocenters. The molecular formula is C23H28ClNO4S. The Labute approximate surface area is 187 Å². The number of rotatable bonds is 6. The van der Waals surface area contributed by atoms with Crippen molar-refractivity contribution >= 4 is 35.0 Å². The summed E-state index contributed by atoms with van der Waals surface area (Å²) >= 11 is 7.85. The molecule has 2 aromatic rings. The first kappa shape index (κ1) is 22.8. The molecule has 0 amide bonds. The molecule has 1 aliphatic rings. The van der Waals surface area contributed by atoms with Crippen LogP contribution in [0.1, 0.15) is 38.0 Å². The van der Waals surface area contributed by atoms with Crippen LogP contribution < -0.4 is 9.64 Å². The Hall–Kier alpha value is -1.89. The number of nitrogens with zero attached hydrogens (tertiary/aromatic N) is 1. The monoisotopic (exact) mass is 449 g/mol. The van der Waals surface area contributed by atoms with Crippen LogP contribution in [0.4, 0.5) is 5.69 Å². The van der Waals surface area contributed by atoms with E-state index in [1.165, 1.54) is 6.92 Å². The van der Waals surface area contributed by atoms with Crippen LogP contribution in [0.25, 0.3) is 0 Å². The number of hydrogen-bond donors (Lipinski definition) is 1. The normalized spacial score (nSPS) is 21.2. The maximum absolute atomic E-state index is 11.9. The molecule has 0 spiro atoms. The molecule has 30 heavy (non-hydrogen) atoms. The maximum atomic E-state index is 11.9. The molecular weight excluding hydrogens is 422 g/mol. The van der Waals surface area contributed by atoms with E-state index in [0.717, 1.165) is 28.3 Å². The highest BCUT2D eigenvalue weighted by atomic mass is 35.5. The van der Waals surface area contributed by atoms with Gasteiger partial charge in [0, 0.05) is 23.4 Å². The number of aliphatic hydroxyl groups is 1. The summed E-state index contributed by atoms with van der Waals surface area (Å²) < 4.78 is 11.0. The number of anilines is 1. The molecule has 1 heterocycles. The number of fused-ring (bicyclic) bond motifs is 1. The Morgan fingerprint density at radius 2 is 1.93 bits per heavy atom.